The topological polar surface area (TPSA) is 69.0 Å². The molecule has 0 spiro atoms. The SMILES string of the molecule is Cn1cnnc1SCCNC(=O)C1CCc2ccccc2O1. The monoisotopic (exact) mass is 318 g/mol. The maximum Gasteiger partial charge on any atom is 0.261 e. The molecule has 0 saturated heterocycles. The van der Waals surface area contributed by atoms with Crippen LogP contribution >= 0.6 is 11.8 Å². The van der Waals surface area contributed by atoms with E-state index in [1.807, 2.05) is 35.9 Å². The Balaban J connectivity index is 1.44. The van der Waals surface area contributed by atoms with E-state index >= 15 is 0 Å². The van der Waals surface area contributed by atoms with Gasteiger partial charge in [0, 0.05) is 19.3 Å². The average Bonchev–Trinajstić information content (AvgIpc) is 2.96. The molecular formula is C15H18N4O2S. The molecule has 7 heteroatoms. The molecule has 2 heterocycles. The van der Waals surface area contributed by atoms with Gasteiger partial charge in [-0.2, -0.15) is 0 Å². The van der Waals surface area contributed by atoms with Gasteiger partial charge >= 0.3 is 0 Å². The van der Waals surface area contributed by atoms with Crippen LogP contribution in [0.1, 0.15) is 12.0 Å². The van der Waals surface area contributed by atoms with E-state index in [-0.39, 0.29) is 5.91 Å². The molecule has 3 rings (SSSR count). The third kappa shape index (κ3) is 3.41. The third-order valence-electron chi connectivity index (χ3n) is 3.51. The van der Waals surface area contributed by atoms with Crippen molar-refractivity contribution in [3.05, 3.63) is 36.2 Å². The number of aryl methyl sites for hydroxylation is 2. The highest BCUT2D eigenvalue weighted by Crippen LogP contribution is 2.27. The van der Waals surface area contributed by atoms with Gasteiger partial charge in [-0.25, -0.2) is 0 Å². The molecule has 1 aliphatic rings. The van der Waals surface area contributed by atoms with Crippen molar-refractivity contribution < 1.29 is 9.53 Å². The van der Waals surface area contributed by atoms with E-state index in [1.54, 1.807) is 18.1 Å². The van der Waals surface area contributed by atoms with E-state index in [0.717, 1.165) is 29.5 Å². The molecule has 1 aliphatic heterocycles. The van der Waals surface area contributed by atoms with Gasteiger partial charge in [-0.15, -0.1) is 10.2 Å². The van der Waals surface area contributed by atoms with Crippen molar-refractivity contribution in [3.63, 3.8) is 0 Å². The molecule has 2 aromatic rings. The highest BCUT2D eigenvalue weighted by molar-refractivity contribution is 7.99. The first-order valence-electron chi connectivity index (χ1n) is 7.23. The fraction of sp³-hybridized carbons (Fsp3) is 0.400. The van der Waals surface area contributed by atoms with Crippen molar-refractivity contribution >= 4 is 17.7 Å². The van der Waals surface area contributed by atoms with Gasteiger partial charge in [0.05, 0.1) is 0 Å². The number of nitrogens with one attached hydrogen (secondary N) is 1. The summed E-state index contributed by atoms with van der Waals surface area (Å²) in [5.74, 6) is 1.53. The number of amides is 1. The van der Waals surface area contributed by atoms with Crippen molar-refractivity contribution in [3.8, 4) is 5.75 Å². The van der Waals surface area contributed by atoms with Crippen LogP contribution in [0.5, 0.6) is 5.75 Å². The lowest BCUT2D eigenvalue weighted by molar-refractivity contribution is -0.128. The van der Waals surface area contributed by atoms with Crippen molar-refractivity contribution in [1.29, 1.82) is 0 Å². The van der Waals surface area contributed by atoms with E-state index in [9.17, 15) is 4.79 Å². The Morgan fingerprint density at radius 2 is 2.36 bits per heavy atom. The van der Waals surface area contributed by atoms with Crippen molar-refractivity contribution in [2.24, 2.45) is 7.05 Å². The summed E-state index contributed by atoms with van der Waals surface area (Å²) in [5, 5.41) is 11.6. The number of carbonyl (C=O) groups excluding carboxylic acids is 1. The first kappa shape index (κ1) is 14.9. The molecule has 1 atom stereocenters. The van der Waals surface area contributed by atoms with E-state index in [0.29, 0.717) is 6.54 Å². The Morgan fingerprint density at radius 1 is 1.50 bits per heavy atom. The Kier molecular flexibility index (Phi) is 4.62. The van der Waals surface area contributed by atoms with Crippen LogP contribution in [0.25, 0.3) is 0 Å². The van der Waals surface area contributed by atoms with Gasteiger partial charge in [-0.1, -0.05) is 30.0 Å². The molecule has 0 radical (unpaired) electrons. The highest BCUT2D eigenvalue weighted by Gasteiger charge is 2.25. The Morgan fingerprint density at radius 3 is 3.18 bits per heavy atom. The van der Waals surface area contributed by atoms with Crippen LogP contribution in [-0.4, -0.2) is 39.1 Å². The Labute approximate surface area is 133 Å². The molecule has 0 saturated carbocycles. The lowest BCUT2D eigenvalue weighted by atomic mass is 10.0. The number of benzene rings is 1. The zero-order chi connectivity index (χ0) is 15.4. The summed E-state index contributed by atoms with van der Waals surface area (Å²) in [6.07, 6.45) is 2.87. The zero-order valence-corrected chi connectivity index (χ0v) is 13.2. The number of carbonyl (C=O) groups is 1. The lowest BCUT2D eigenvalue weighted by Gasteiger charge is -2.25. The molecule has 1 amide bonds. The minimum absolute atomic E-state index is 0.0481. The van der Waals surface area contributed by atoms with Crippen molar-refractivity contribution in [2.45, 2.75) is 24.1 Å². The van der Waals surface area contributed by atoms with Gasteiger partial charge in [0.15, 0.2) is 11.3 Å². The number of fused-ring (bicyclic) bond motifs is 1. The maximum atomic E-state index is 12.2. The summed E-state index contributed by atoms with van der Waals surface area (Å²) in [7, 11) is 1.90. The molecule has 1 aromatic carbocycles. The second-order valence-corrected chi connectivity index (χ2v) is 6.18. The van der Waals surface area contributed by atoms with E-state index in [2.05, 4.69) is 15.5 Å². The number of aromatic nitrogens is 3. The minimum atomic E-state index is -0.394. The third-order valence-corrected chi connectivity index (χ3v) is 4.55. The van der Waals surface area contributed by atoms with E-state index in [4.69, 9.17) is 4.74 Å². The first-order valence-corrected chi connectivity index (χ1v) is 8.21. The number of para-hydroxylation sites is 1. The normalized spacial score (nSPS) is 16.7. The number of hydrogen-bond donors (Lipinski definition) is 1. The van der Waals surface area contributed by atoms with Gasteiger partial charge in [0.2, 0.25) is 0 Å². The second kappa shape index (κ2) is 6.83. The molecule has 0 aliphatic carbocycles. The molecule has 1 unspecified atom stereocenters. The largest absolute Gasteiger partial charge is 0.480 e. The summed E-state index contributed by atoms with van der Waals surface area (Å²) in [5.41, 5.74) is 1.17. The van der Waals surface area contributed by atoms with Gasteiger partial charge in [0.25, 0.3) is 5.91 Å². The van der Waals surface area contributed by atoms with Crippen molar-refractivity contribution in [1.82, 2.24) is 20.1 Å². The van der Waals surface area contributed by atoms with E-state index in [1.165, 1.54) is 5.56 Å². The quantitative estimate of drug-likeness (QED) is 0.667. The van der Waals surface area contributed by atoms with Gasteiger partial charge in [-0.05, 0) is 24.5 Å². The van der Waals surface area contributed by atoms with Gasteiger partial charge < -0.3 is 14.6 Å². The average molecular weight is 318 g/mol. The van der Waals surface area contributed by atoms with Gasteiger partial charge in [0.1, 0.15) is 12.1 Å². The smallest absolute Gasteiger partial charge is 0.261 e. The molecule has 0 fully saturated rings. The van der Waals surface area contributed by atoms with Crippen LogP contribution in [-0.2, 0) is 18.3 Å². The standard InChI is InChI=1S/C15H18N4O2S/c1-19-10-17-18-15(19)22-9-8-16-14(20)13-7-6-11-4-2-3-5-12(11)21-13/h2-5,10,13H,6-9H2,1H3,(H,16,20). The summed E-state index contributed by atoms with van der Waals surface area (Å²) in [4.78, 5) is 12.2. The molecule has 22 heavy (non-hydrogen) atoms. The Hall–Kier alpha value is -2.02. The number of nitrogens with zero attached hydrogens (tertiary/aromatic N) is 3. The number of thioether (sulfide) groups is 1. The van der Waals surface area contributed by atoms with Crippen LogP contribution in [0.4, 0.5) is 0 Å². The van der Waals surface area contributed by atoms with Crippen LogP contribution in [0.15, 0.2) is 35.7 Å². The Bertz CT molecular complexity index is 658. The summed E-state index contributed by atoms with van der Waals surface area (Å²) in [6, 6.07) is 7.88. The maximum absolute atomic E-state index is 12.2. The summed E-state index contributed by atoms with van der Waals surface area (Å²) >= 11 is 1.56. The second-order valence-electron chi connectivity index (χ2n) is 5.12. The molecule has 1 aromatic heterocycles. The highest BCUT2D eigenvalue weighted by atomic mass is 32.2. The summed E-state index contributed by atoms with van der Waals surface area (Å²) < 4.78 is 7.63. The molecule has 6 nitrogen and oxygen atoms in total. The van der Waals surface area contributed by atoms with Crippen LogP contribution in [0.2, 0.25) is 0 Å². The predicted octanol–water partition coefficient (Wildman–Crippen LogP) is 1.42. The van der Waals surface area contributed by atoms with Crippen LogP contribution < -0.4 is 10.1 Å². The molecule has 0 bridgehead atoms. The fourth-order valence-corrected chi connectivity index (χ4v) is 3.08. The molecule has 1 N–H and O–H groups in total. The van der Waals surface area contributed by atoms with Crippen LogP contribution in [0, 0.1) is 0 Å². The predicted molar refractivity (Wildman–Crippen MR) is 83.9 cm³/mol. The van der Waals surface area contributed by atoms with Gasteiger partial charge in [-0.3, -0.25) is 4.79 Å². The number of ether oxygens (including phenoxy) is 1. The molecule has 116 valence electrons. The molecular weight excluding hydrogens is 300 g/mol. The van der Waals surface area contributed by atoms with Crippen LogP contribution in [0.3, 0.4) is 0 Å². The van der Waals surface area contributed by atoms with Crippen molar-refractivity contribution in [2.75, 3.05) is 12.3 Å². The number of rotatable bonds is 5. The fourth-order valence-electron chi connectivity index (χ4n) is 2.34. The number of hydrogen-bond acceptors (Lipinski definition) is 5. The lowest BCUT2D eigenvalue weighted by Crippen LogP contribution is -2.41. The van der Waals surface area contributed by atoms with E-state index < -0.39 is 6.10 Å². The first-order chi connectivity index (χ1) is 10.7. The zero-order valence-electron chi connectivity index (χ0n) is 12.4. The minimum Gasteiger partial charge on any atom is -0.480 e. The summed E-state index contributed by atoms with van der Waals surface area (Å²) in [6.45, 7) is 0.581.